The molecule has 2 N–H and O–H groups in total. The van der Waals surface area contributed by atoms with Crippen molar-refractivity contribution in [2.75, 3.05) is 16.6 Å². The summed E-state index contributed by atoms with van der Waals surface area (Å²) in [7, 11) is -3.83. The van der Waals surface area contributed by atoms with Gasteiger partial charge in [-0.3, -0.25) is 9.52 Å². The molecule has 1 amide bonds. The lowest BCUT2D eigenvalue weighted by molar-refractivity contribution is -0.115. The van der Waals surface area contributed by atoms with Crippen LogP contribution in [0.2, 0.25) is 0 Å². The monoisotopic (exact) mass is 442 g/mol. The summed E-state index contributed by atoms with van der Waals surface area (Å²) < 4.78 is 45.7. The molecule has 0 fully saturated rings. The first kappa shape index (κ1) is 22.3. The molecule has 0 heterocycles. The van der Waals surface area contributed by atoms with Gasteiger partial charge in [0, 0.05) is 17.4 Å². The summed E-state index contributed by atoms with van der Waals surface area (Å²) in [4.78, 5) is 12.3. The van der Waals surface area contributed by atoms with Crippen LogP contribution >= 0.6 is 0 Å². The first-order chi connectivity index (χ1) is 14.9. The quantitative estimate of drug-likeness (QED) is 0.507. The summed E-state index contributed by atoms with van der Waals surface area (Å²) in [6.45, 7) is 2.62. The van der Waals surface area contributed by atoms with Crippen molar-refractivity contribution in [2.45, 2.75) is 24.7 Å². The third-order valence-electron chi connectivity index (χ3n) is 4.29. The van der Waals surface area contributed by atoms with Gasteiger partial charge in [-0.2, -0.15) is 0 Å². The number of sulfonamides is 1. The molecule has 0 aromatic heterocycles. The Labute approximate surface area is 181 Å². The molecule has 3 aromatic carbocycles. The van der Waals surface area contributed by atoms with Gasteiger partial charge in [-0.15, -0.1) is 0 Å². The Balaban J connectivity index is 1.59. The topological polar surface area (TPSA) is 84.5 Å². The van der Waals surface area contributed by atoms with Crippen molar-refractivity contribution < 1.29 is 22.3 Å². The van der Waals surface area contributed by atoms with Crippen molar-refractivity contribution in [2.24, 2.45) is 0 Å². The molecule has 31 heavy (non-hydrogen) atoms. The Hall–Kier alpha value is -3.39. The van der Waals surface area contributed by atoms with E-state index in [1.54, 1.807) is 36.4 Å². The largest absolute Gasteiger partial charge is 0.494 e. The lowest BCUT2D eigenvalue weighted by Crippen LogP contribution is -2.15. The third-order valence-corrected chi connectivity index (χ3v) is 5.68. The van der Waals surface area contributed by atoms with Crippen LogP contribution in [0.1, 0.15) is 18.9 Å². The lowest BCUT2D eigenvalue weighted by atomic mass is 10.1. The standard InChI is InChI=1S/C23H23FN2O4S/c1-2-14-30-21-5-3-4-20(16-21)25-23(27)15-17-6-10-19(11-7-17)26-31(28,29)22-12-8-18(24)9-13-22/h3-13,16,26H,2,14-15H2,1H3,(H,25,27). The minimum Gasteiger partial charge on any atom is -0.494 e. The fourth-order valence-corrected chi connectivity index (χ4v) is 3.85. The molecule has 0 aliphatic heterocycles. The Morgan fingerprint density at radius 1 is 0.968 bits per heavy atom. The first-order valence-corrected chi connectivity index (χ1v) is 11.2. The second-order valence-electron chi connectivity index (χ2n) is 6.86. The Morgan fingerprint density at radius 2 is 1.68 bits per heavy atom. The third kappa shape index (κ3) is 6.55. The number of halogens is 1. The fraction of sp³-hybridized carbons (Fsp3) is 0.174. The summed E-state index contributed by atoms with van der Waals surface area (Å²) in [5.41, 5.74) is 1.71. The number of nitrogens with one attached hydrogen (secondary N) is 2. The first-order valence-electron chi connectivity index (χ1n) is 9.76. The van der Waals surface area contributed by atoms with E-state index in [1.807, 2.05) is 19.1 Å². The molecule has 0 spiro atoms. The summed E-state index contributed by atoms with van der Waals surface area (Å²) in [5, 5.41) is 2.83. The number of hydrogen-bond donors (Lipinski definition) is 2. The van der Waals surface area contributed by atoms with E-state index in [1.165, 1.54) is 12.1 Å². The van der Waals surface area contributed by atoms with E-state index >= 15 is 0 Å². The van der Waals surface area contributed by atoms with Crippen molar-refractivity contribution in [3.8, 4) is 5.75 Å². The molecule has 162 valence electrons. The number of benzene rings is 3. The van der Waals surface area contributed by atoms with Crippen molar-refractivity contribution in [1.82, 2.24) is 0 Å². The number of ether oxygens (including phenoxy) is 1. The molecule has 0 saturated carbocycles. The SMILES string of the molecule is CCCOc1cccc(NC(=O)Cc2ccc(NS(=O)(=O)c3ccc(F)cc3)cc2)c1. The van der Waals surface area contributed by atoms with E-state index in [-0.39, 0.29) is 17.2 Å². The van der Waals surface area contributed by atoms with Crippen LogP contribution in [0, 0.1) is 5.82 Å². The van der Waals surface area contributed by atoms with Crippen molar-refractivity contribution in [1.29, 1.82) is 0 Å². The Morgan fingerprint density at radius 3 is 2.35 bits per heavy atom. The molecule has 3 aromatic rings. The number of hydrogen-bond acceptors (Lipinski definition) is 4. The number of anilines is 2. The molecule has 8 heteroatoms. The van der Waals surface area contributed by atoms with Gasteiger partial charge in [0.05, 0.1) is 17.9 Å². The molecule has 0 aliphatic carbocycles. The van der Waals surface area contributed by atoms with Crippen LogP contribution in [0.25, 0.3) is 0 Å². The van der Waals surface area contributed by atoms with Gasteiger partial charge in [-0.25, -0.2) is 12.8 Å². The molecule has 0 atom stereocenters. The second kappa shape index (κ2) is 10.1. The van der Waals surface area contributed by atoms with Crippen LogP contribution in [0.3, 0.4) is 0 Å². The Bertz CT molecular complexity index is 1130. The summed E-state index contributed by atoms with van der Waals surface area (Å²) >= 11 is 0. The van der Waals surface area contributed by atoms with E-state index in [2.05, 4.69) is 10.0 Å². The van der Waals surface area contributed by atoms with Gasteiger partial charge in [0.2, 0.25) is 5.91 Å². The normalized spacial score (nSPS) is 11.0. The molecular formula is C23H23FN2O4S. The number of carbonyl (C=O) groups excluding carboxylic acids is 1. The number of carbonyl (C=O) groups is 1. The molecule has 0 radical (unpaired) electrons. The van der Waals surface area contributed by atoms with Crippen LogP contribution in [-0.2, 0) is 21.2 Å². The van der Waals surface area contributed by atoms with E-state index in [4.69, 9.17) is 4.74 Å². The van der Waals surface area contributed by atoms with E-state index in [0.29, 0.717) is 23.7 Å². The van der Waals surface area contributed by atoms with Gasteiger partial charge in [-0.1, -0.05) is 25.1 Å². The van der Waals surface area contributed by atoms with E-state index < -0.39 is 15.8 Å². The van der Waals surface area contributed by atoms with E-state index in [0.717, 1.165) is 24.1 Å². The van der Waals surface area contributed by atoms with E-state index in [9.17, 15) is 17.6 Å². The van der Waals surface area contributed by atoms with Crippen LogP contribution in [0.15, 0.2) is 77.7 Å². The second-order valence-corrected chi connectivity index (χ2v) is 8.54. The maximum Gasteiger partial charge on any atom is 0.261 e. The van der Waals surface area contributed by atoms with Crippen LogP contribution < -0.4 is 14.8 Å². The average Bonchev–Trinajstić information content (AvgIpc) is 2.74. The molecule has 6 nitrogen and oxygen atoms in total. The van der Waals surface area contributed by atoms with Crippen molar-refractivity contribution in [3.05, 3.63) is 84.2 Å². The molecular weight excluding hydrogens is 419 g/mol. The predicted molar refractivity (Wildman–Crippen MR) is 118 cm³/mol. The lowest BCUT2D eigenvalue weighted by Gasteiger charge is -2.10. The van der Waals surface area contributed by atoms with Gasteiger partial charge in [0.15, 0.2) is 0 Å². The van der Waals surface area contributed by atoms with Crippen LogP contribution in [-0.4, -0.2) is 20.9 Å². The van der Waals surface area contributed by atoms with Gasteiger partial charge >= 0.3 is 0 Å². The Kier molecular flexibility index (Phi) is 7.25. The minimum atomic E-state index is -3.83. The van der Waals surface area contributed by atoms with Gasteiger partial charge < -0.3 is 10.1 Å². The summed E-state index contributed by atoms with van der Waals surface area (Å²) in [5.74, 6) is -0.0217. The summed E-state index contributed by atoms with van der Waals surface area (Å²) in [6, 6.07) is 18.2. The highest BCUT2D eigenvalue weighted by molar-refractivity contribution is 7.92. The maximum absolute atomic E-state index is 13.0. The zero-order chi connectivity index (χ0) is 22.3. The van der Waals surface area contributed by atoms with Gasteiger partial charge in [0.25, 0.3) is 10.0 Å². The smallest absolute Gasteiger partial charge is 0.261 e. The zero-order valence-corrected chi connectivity index (χ0v) is 17.8. The highest BCUT2D eigenvalue weighted by Gasteiger charge is 2.14. The number of amides is 1. The van der Waals surface area contributed by atoms with Crippen molar-refractivity contribution in [3.63, 3.8) is 0 Å². The molecule has 0 saturated heterocycles. The predicted octanol–water partition coefficient (Wildman–Crippen LogP) is 4.60. The summed E-state index contributed by atoms with van der Waals surface area (Å²) in [6.07, 6.45) is 1.03. The molecule has 0 unspecified atom stereocenters. The minimum absolute atomic E-state index is 0.0394. The fourth-order valence-electron chi connectivity index (χ4n) is 2.79. The molecule has 3 rings (SSSR count). The zero-order valence-electron chi connectivity index (χ0n) is 17.0. The number of rotatable bonds is 9. The van der Waals surface area contributed by atoms with Gasteiger partial charge in [0.1, 0.15) is 11.6 Å². The van der Waals surface area contributed by atoms with Crippen molar-refractivity contribution >= 4 is 27.3 Å². The molecule has 0 bridgehead atoms. The maximum atomic E-state index is 13.0. The van der Waals surface area contributed by atoms with Crippen LogP contribution in [0.4, 0.5) is 15.8 Å². The van der Waals surface area contributed by atoms with Gasteiger partial charge in [-0.05, 0) is 60.5 Å². The highest BCUT2D eigenvalue weighted by Crippen LogP contribution is 2.19. The highest BCUT2D eigenvalue weighted by atomic mass is 32.2. The average molecular weight is 443 g/mol. The molecule has 0 aliphatic rings. The van der Waals surface area contributed by atoms with Crippen LogP contribution in [0.5, 0.6) is 5.75 Å².